The van der Waals surface area contributed by atoms with Gasteiger partial charge in [-0.3, -0.25) is 14.2 Å². The first-order valence-electron chi connectivity index (χ1n) is 9.35. The summed E-state index contributed by atoms with van der Waals surface area (Å²) < 4.78 is 1.69. The minimum Gasteiger partial charge on any atom is -0.325 e. The molecule has 0 aliphatic rings. The third-order valence-electron chi connectivity index (χ3n) is 4.70. The van der Waals surface area contributed by atoms with Gasteiger partial charge < -0.3 is 5.32 Å². The number of aryl methyl sites for hydroxylation is 3. The van der Waals surface area contributed by atoms with Crippen LogP contribution in [-0.4, -0.2) is 21.2 Å². The Morgan fingerprint density at radius 3 is 2.54 bits per heavy atom. The molecule has 0 fully saturated rings. The van der Waals surface area contributed by atoms with E-state index >= 15 is 0 Å². The number of rotatable bonds is 6. The first-order chi connectivity index (χ1) is 13.3. The molecule has 7 heteroatoms. The lowest BCUT2D eigenvalue weighted by Gasteiger charge is -2.15. The van der Waals surface area contributed by atoms with Gasteiger partial charge in [-0.15, -0.1) is 11.3 Å². The number of anilines is 1. The zero-order valence-corrected chi connectivity index (χ0v) is 18.5. The number of carbonyl (C=O) groups excluding carboxylic acids is 1. The van der Waals surface area contributed by atoms with Gasteiger partial charge in [-0.2, -0.15) is 0 Å². The SMILES string of the molecule is CCc1ccc(NC(=O)CSc2nc3sc(C)c(C)c3c(=O)n2C(C)C)cc1. The van der Waals surface area contributed by atoms with Gasteiger partial charge >= 0.3 is 0 Å². The molecule has 3 aromatic rings. The molecule has 1 aromatic carbocycles. The van der Waals surface area contributed by atoms with Crippen LogP contribution in [-0.2, 0) is 11.2 Å². The molecular weight excluding hydrogens is 390 g/mol. The zero-order valence-electron chi connectivity index (χ0n) is 16.8. The number of nitrogens with one attached hydrogen (secondary N) is 1. The van der Waals surface area contributed by atoms with Crippen LogP contribution < -0.4 is 10.9 Å². The first kappa shape index (κ1) is 20.6. The van der Waals surface area contributed by atoms with Crippen molar-refractivity contribution in [1.29, 1.82) is 0 Å². The van der Waals surface area contributed by atoms with E-state index in [4.69, 9.17) is 4.98 Å². The third kappa shape index (κ3) is 4.15. The summed E-state index contributed by atoms with van der Waals surface area (Å²) in [6.07, 6.45) is 0.965. The largest absolute Gasteiger partial charge is 0.325 e. The van der Waals surface area contributed by atoms with E-state index in [0.29, 0.717) is 10.5 Å². The van der Waals surface area contributed by atoms with Crippen molar-refractivity contribution in [2.24, 2.45) is 0 Å². The normalized spacial score (nSPS) is 11.4. The number of amides is 1. The van der Waals surface area contributed by atoms with Gasteiger partial charge in [-0.25, -0.2) is 4.98 Å². The highest BCUT2D eigenvalue weighted by Gasteiger charge is 2.19. The smallest absolute Gasteiger partial charge is 0.263 e. The Labute approximate surface area is 173 Å². The Balaban J connectivity index is 1.82. The van der Waals surface area contributed by atoms with Crippen LogP contribution in [0.4, 0.5) is 5.69 Å². The highest BCUT2D eigenvalue weighted by atomic mass is 32.2. The Bertz CT molecular complexity index is 1070. The maximum absolute atomic E-state index is 13.0. The van der Waals surface area contributed by atoms with E-state index in [9.17, 15) is 9.59 Å². The summed E-state index contributed by atoms with van der Waals surface area (Å²) in [6.45, 7) is 9.99. The standard InChI is InChI=1S/C21H25N3O2S2/c1-6-15-7-9-16(10-8-15)22-17(25)11-27-21-23-19-18(13(4)14(5)28-19)20(26)24(21)12(2)3/h7-10,12H,6,11H2,1-5H3,(H,22,25). The van der Waals surface area contributed by atoms with Crippen molar-refractivity contribution in [1.82, 2.24) is 9.55 Å². The van der Waals surface area contributed by atoms with E-state index in [-0.39, 0.29) is 23.3 Å². The van der Waals surface area contributed by atoms with Gasteiger partial charge in [0.15, 0.2) is 5.16 Å². The fraction of sp³-hybridized carbons (Fsp3) is 0.381. The van der Waals surface area contributed by atoms with Crippen molar-refractivity contribution in [3.05, 3.63) is 50.6 Å². The average molecular weight is 416 g/mol. The molecule has 2 heterocycles. The topological polar surface area (TPSA) is 64.0 Å². The Morgan fingerprint density at radius 1 is 1.25 bits per heavy atom. The van der Waals surface area contributed by atoms with Crippen molar-refractivity contribution < 1.29 is 4.79 Å². The second-order valence-electron chi connectivity index (χ2n) is 7.01. The molecule has 0 bridgehead atoms. The monoisotopic (exact) mass is 415 g/mol. The lowest BCUT2D eigenvalue weighted by Crippen LogP contribution is -2.25. The van der Waals surface area contributed by atoms with Gasteiger partial charge in [0.1, 0.15) is 4.83 Å². The molecule has 5 nitrogen and oxygen atoms in total. The van der Waals surface area contributed by atoms with Gasteiger partial charge in [0, 0.05) is 16.6 Å². The summed E-state index contributed by atoms with van der Waals surface area (Å²) >= 11 is 2.83. The Morgan fingerprint density at radius 2 is 1.93 bits per heavy atom. The molecule has 2 aromatic heterocycles. The number of carbonyl (C=O) groups is 1. The molecule has 0 atom stereocenters. The molecular formula is C21H25N3O2S2. The zero-order chi connectivity index (χ0) is 20.4. The number of hydrogen-bond donors (Lipinski definition) is 1. The van der Waals surface area contributed by atoms with Crippen molar-refractivity contribution in [3.63, 3.8) is 0 Å². The van der Waals surface area contributed by atoms with Gasteiger partial charge in [0.25, 0.3) is 5.56 Å². The van der Waals surface area contributed by atoms with Crippen molar-refractivity contribution >= 4 is 44.9 Å². The van der Waals surface area contributed by atoms with Crippen molar-refractivity contribution in [3.8, 4) is 0 Å². The first-order valence-corrected chi connectivity index (χ1v) is 11.2. The van der Waals surface area contributed by atoms with Crippen LogP contribution in [0.3, 0.4) is 0 Å². The van der Waals surface area contributed by atoms with Crippen LogP contribution in [0.2, 0.25) is 0 Å². The predicted octanol–water partition coefficient (Wildman–Crippen LogP) is 4.95. The number of nitrogens with zero attached hydrogens (tertiary/aromatic N) is 2. The molecule has 3 rings (SSSR count). The molecule has 148 valence electrons. The van der Waals surface area contributed by atoms with Crippen molar-refractivity contribution in [2.75, 3.05) is 11.1 Å². The second kappa shape index (κ2) is 8.49. The molecule has 0 spiro atoms. The third-order valence-corrected chi connectivity index (χ3v) is 6.75. The Kier molecular flexibility index (Phi) is 6.25. The van der Waals surface area contributed by atoms with Gasteiger partial charge in [-0.05, 0) is 57.4 Å². The number of fused-ring (bicyclic) bond motifs is 1. The molecule has 28 heavy (non-hydrogen) atoms. The fourth-order valence-electron chi connectivity index (χ4n) is 3.00. The maximum Gasteiger partial charge on any atom is 0.263 e. The molecule has 0 radical (unpaired) electrons. The van der Waals surface area contributed by atoms with Crippen LogP contribution in [0, 0.1) is 13.8 Å². The summed E-state index contributed by atoms with van der Waals surface area (Å²) in [5, 5.41) is 4.19. The summed E-state index contributed by atoms with van der Waals surface area (Å²) in [4.78, 5) is 32.0. The molecule has 0 unspecified atom stereocenters. The second-order valence-corrected chi connectivity index (χ2v) is 9.16. The number of hydrogen-bond acceptors (Lipinski definition) is 5. The highest BCUT2D eigenvalue weighted by Crippen LogP contribution is 2.29. The maximum atomic E-state index is 13.0. The van der Waals surface area contributed by atoms with Crippen LogP contribution in [0.25, 0.3) is 10.2 Å². The summed E-state index contributed by atoms with van der Waals surface area (Å²) in [6, 6.07) is 7.81. The molecule has 0 aliphatic heterocycles. The molecule has 0 saturated carbocycles. The number of thioether (sulfide) groups is 1. The summed E-state index contributed by atoms with van der Waals surface area (Å²) in [5.41, 5.74) is 2.97. The molecule has 0 aliphatic carbocycles. The highest BCUT2D eigenvalue weighted by molar-refractivity contribution is 7.99. The fourth-order valence-corrected chi connectivity index (χ4v) is 4.99. The van der Waals surface area contributed by atoms with Crippen LogP contribution in [0.5, 0.6) is 0 Å². The molecule has 0 saturated heterocycles. The van der Waals surface area contributed by atoms with Gasteiger partial charge in [0.05, 0.1) is 11.1 Å². The van der Waals surface area contributed by atoms with Crippen LogP contribution >= 0.6 is 23.1 Å². The lowest BCUT2D eigenvalue weighted by atomic mass is 10.1. The number of aromatic nitrogens is 2. The lowest BCUT2D eigenvalue weighted by molar-refractivity contribution is -0.113. The number of thiophene rings is 1. The minimum atomic E-state index is -0.113. The van der Waals surface area contributed by atoms with Crippen LogP contribution in [0.15, 0.2) is 34.2 Å². The van der Waals surface area contributed by atoms with Gasteiger partial charge in [-0.1, -0.05) is 30.8 Å². The van der Waals surface area contributed by atoms with E-state index in [2.05, 4.69) is 12.2 Å². The van der Waals surface area contributed by atoms with E-state index in [1.165, 1.54) is 28.7 Å². The van der Waals surface area contributed by atoms with Gasteiger partial charge in [0.2, 0.25) is 5.91 Å². The molecule has 1 N–H and O–H groups in total. The van der Waals surface area contributed by atoms with Crippen molar-refractivity contribution in [2.45, 2.75) is 52.2 Å². The average Bonchev–Trinajstić information content (AvgIpc) is 2.94. The van der Waals surface area contributed by atoms with Crippen LogP contribution in [0.1, 0.15) is 42.8 Å². The quantitative estimate of drug-likeness (QED) is 0.457. The molecule has 1 amide bonds. The number of benzene rings is 1. The predicted molar refractivity (Wildman–Crippen MR) is 119 cm³/mol. The van der Waals surface area contributed by atoms with E-state index in [1.807, 2.05) is 52.0 Å². The van der Waals surface area contributed by atoms with E-state index in [0.717, 1.165) is 27.4 Å². The summed E-state index contributed by atoms with van der Waals surface area (Å²) in [7, 11) is 0. The van der Waals surface area contributed by atoms with E-state index in [1.54, 1.807) is 4.57 Å². The minimum absolute atomic E-state index is 0.0279. The summed E-state index contributed by atoms with van der Waals surface area (Å²) in [5.74, 6) is 0.0845. The van der Waals surface area contributed by atoms with E-state index < -0.39 is 0 Å². The Hall–Kier alpha value is -2.12.